The molecule has 0 aromatic heterocycles. The van der Waals surface area contributed by atoms with Crippen molar-refractivity contribution in [3.05, 3.63) is 28.8 Å². The lowest BCUT2D eigenvalue weighted by molar-refractivity contribution is 0.112. The Kier molecular flexibility index (Phi) is 3.28. The molecule has 0 saturated carbocycles. The number of rotatable bonds is 3. The lowest BCUT2D eigenvalue weighted by Gasteiger charge is -2.10. The molecule has 0 atom stereocenters. The number of carbonyl (C=O) groups is 1. The summed E-state index contributed by atoms with van der Waals surface area (Å²) in [4.78, 5) is 10.7. The van der Waals surface area contributed by atoms with Crippen LogP contribution < -0.4 is 0 Å². The van der Waals surface area contributed by atoms with Crippen LogP contribution in [0, 0.1) is 12.8 Å². The van der Waals surface area contributed by atoms with Crippen molar-refractivity contribution < 1.29 is 9.90 Å². The maximum Gasteiger partial charge on any atom is 0.153 e. The highest BCUT2D eigenvalue weighted by molar-refractivity contribution is 5.80. The lowest BCUT2D eigenvalue weighted by Crippen LogP contribution is -1.97. The van der Waals surface area contributed by atoms with Crippen LogP contribution in [0.5, 0.6) is 5.75 Å². The maximum absolute atomic E-state index is 10.7. The molecule has 0 unspecified atom stereocenters. The van der Waals surface area contributed by atoms with Crippen LogP contribution in [-0.2, 0) is 6.42 Å². The van der Waals surface area contributed by atoms with Crippen molar-refractivity contribution in [1.82, 2.24) is 0 Å². The number of benzene rings is 1. The van der Waals surface area contributed by atoms with Gasteiger partial charge in [-0.05, 0) is 36.5 Å². The molecule has 0 bridgehead atoms. The fourth-order valence-corrected chi connectivity index (χ4v) is 1.57. The molecule has 0 aliphatic heterocycles. The summed E-state index contributed by atoms with van der Waals surface area (Å²) in [5.41, 5.74) is 2.27. The fraction of sp³-hybridized carbons (Fsp3) is 0.417. The molecular formula is C12H16O2. The van der Waals surface area contributed by atoms with Crippen LogP contribution in [0.15, 0.2) is 12.1 Å². The second-order valence-corrected chi connectivity index (χ2v) is 4.08. The van der Waals surface area contributed by atoms with Gasteiger partial charge in [0.1, 0.15) is 5.75 Å². The van der Waals surface area contributed by atoms with Crippen LogP contribution in [0.25, 0.3) is 0 Å². The summed E-state index contributed by atoms with van der Waals surface area (Å²) in [5.74, 6) is 0.613. The second-order valence-electron chi connectivity index (χ2n) is 4.08. The highest BCUT2D eigenvalue weighted by atomic mass is 16.3. The third-order valence-electron chi connectivity index (χ3n) is 2.12. The molecule has 1 N–H and O–H groups in total. The topological polar surface area (TPSA) is 37.3 Å². The number of hydrogen-bond acceptors (Lipinski definition) is 2. The van der Waals surface area contributed by atoms with Crippen molar-refractivity contribution in [2.45, 2.75) is 27.2 Å². The molecule has 1 rings (SSSR count). The predicted octanol–water partition coefficient (Wildman–Crippen LogP) is 2.71. The van der Waals surface area contributed by atoms with Crippen molar-refractivity contribution in [2.24, 2.45) is 5.92 Å². The van der Waals surface area contributed by atoms with Crippen LogP contribution in [0.3, 0.4) is 0 Å². The summed E-state index contributed by atoms with van der Waals surface area (Å²) in [6.45, 7) is 6.10. The van der Waals surface area contributed by atoms with Gasteiger partial charge in [0, 0.05) is 0 Å². The van der Waals surface area contributed by atoms with E-state index in [4.69, 9.17) is 0 Å². The third kappa shape index (κ3) is 2.34. The van der Waals surface area contributed by atoms with Gasteiger partial charge in [0.2, 0.25) is 0 Å². The van der Waals surface area contributed by atoms with Crippen LogP contribution in [-0.4, -0.2) is 11.4 Å². The van der Waals surface area contributed by atoms with E-state index in [1.165, 1.54) is 0 Å². The van der Waals surface area contributed by atoms with Gasteiger partial charge in [0.15, 0.2) is 6.29 Å². The number of aldehydes is 1. The molecule has 0 heterocycles. The normalized spacial score (nSPS) is 10.6. The molecule has 1 aromatic rings. The van der Waals surface area contributed by atoms with Crippen molar-refractivity contribution in [3.8, 4) is 5.75 Å². The standard InChI is InChI=1S/C12H16O2/c1-8(2)4-10-5-9(3)6-11(7-13)12(10)14/h5-8,14H,4H2,1-3H3. The minimum atomic E-state index is 0.138. The Labute approximate surface area is 84.6 Å². The second kappa shape index (κ2) is 4.27. The SMILES string of the molecule is Cc1cc(C=O)c(O)c(CC(C)C)c1. The number of aromatic hydroxyl groups is 1. The Bertz CT molecular complexity index is 340. The lowest BCUT2D eigenvalue weighted by atomic mass is 9.98. The van der Waals surface area contributed by atoms with E-state index < -0.39 is 0 Å². The smallest absolute Gasteiger partial charge is 0.153 e. The molecule has 0 radical (unpaired) electrons. The molecule has 0 spiro atoms. The Morgan fingerprint density at radius 1 is 1.43 bits per heavy atom. The largest absolute Gasteiger partial charge is 0.507 e. The van der Waals surface area contributed by atoms with E-state index >= 15 is 0 Å². The Hall–Kier alpha value is -1.31. The number of hydrogen-bond donors (Lipinski definition) is 1. The van der Waals surface area contributed by atoms with Crippen molar-refractivity contribution in [3.63, 3.8) is 0 Å². The van der Waals surface area contributed by atoms with E-state index in [-0.39, 0.29) is 5.75 Å². The van der Waals surface area contributed by atoms with E-state index in [0.717, 1.165) is 17.5 Å². The summed E-state index contributed by atoms with van der Waals surface area (Å²) < 4.78 is 0. The van der Waals surface area contributed by atoms with Crippen molar-refractivity contribution in [1.29, 1.82) is 0 Å². The molecular weight excluding hydrogens is 176 g/mol. The molecule has 0 fully saturated rings. The summed E-state index contributed by atoms with van der Waals surface area (Å²) >= 11 is 0. The average molecular weight is 192 g/mol. The maximum atomic E-state index is 10.7. The first kappa shape index (κ1) is 10.8. The van der Waals surface area contributed by atoms with Crippen LogP contribution in [0.2, 0.25) is 0 Å². The van der Waals surface area contributed by atoms with E-state index in [1.54, 1.807) is 6.07 Å². The quantitative estimate of drug-likeness (QED) is 0.747. The van der Waals surface area contributed by atoms with Gasteiger partial charge < -0.3 is 5.11 Å². The molecule has 0 amide bonds. The summed E-state index contributed by atoms with van der Waals surface area (Å²) in [5, 5.41) is 9.73. The summed E-state index contributed by atoms with van der Waals surface area (Å²) in [6, 6.07) is 3.63. The zero-order valence-corrected chi connectivity index (χ0v) is 8.87. The highest BCUT2D eigenvalue weighted by Crippen LogP contribution is 2.25. The van der Waals surface area contributed by atoms with E-state index in [0.29, 0.717) is 17.8 Å². The van der Waals surface area contributed by atoms with Crippen molar-refractivity contribution >= 4 is 6.29 Å². The molecule has 0 aliphatic rings. The van der Waals surface area contributed by atoms with Gasteiger partial charge in [0.05, 0.1) is 5.56 Å². The van der Waals surface area contributed by atoms with Gasteiger partial charge in [-0.1, -0.05) is 19.9 Å². The molecule has 0 saturated heterocycles. The zero-order chi connectivity index (χ0) is 10.7. The minimum absolute atomic E-state index is 0.138. The fourth-order valence-electron chi connectivity index (χ4n) is 1.57. The highest BCUT2D eigenvalue weighted by Gasteiger charge is 2.09. The number of phenols is 1. The van der Waals surface area contributed by atoms with E-state index in [2.05, 4.69) is 13.8 Å². The van der Waals surface area contributed by atoms with Gasteiger partial charge >= 0.3 is 0 Å². The van der Waals surface area contributed by atoms with Crippen LogP contribution in [0.1, 0.15) is 35.3 Å². The third-order valence-corrected chi connectivity index (χ3v) is 2.12. The molecule has 14 heavy (non-hydrogen) atoms. The Balaban J connectivity index is 3.15. The first-order valence-electron chi connectivity index (χ1n) is 4.82. The first-order valence-corrected chi connectivity index (χ1v) is 4.82. The van der Waals surface area contributed by atoms with Crippen LogP contribution >= 0.6 is 0 Å². The summed E-state index contributed by atoms with van der Waals surface area (Å²) in [7, 11) is 0. The van der Waals surface area contributed by atoms with E-state index in [9.17, 15) is 9.90 Å². The number of phenolic OH excluding ortho intramolecular Hbond substituents is 1. The molecule has 2 nitrogen and oxygen atoms in total. The zero-order valence-electron chi connectivity index (χ0n) is 8.87. The van der Waals surface area contributed by atoms with Gasteiger partial charge in [-0.2, -0.15) is 0 Å². The average Bonchev–Trinajstić information content (AvgIpc) is 2.09. The van der Waals surface area contributed by atoms with E-state index in [1.807, 2.05) is 13.0 Å². The first-order chi connectivity index (χ1) is 6.54. The van der Waals surface area contributed by atoms with Gasteiger partial charge in [-0.25, -0.2) is 0 Å². The number of aryl methyl sites for hydroxylation is 1. The monoisotopic (exact) mass is 192 g/mol. The molecule has 2 heteroatoms. The number of carbonyl (C=O) groups excluding carboxylic acids is 1. The molecule has 1 aromatic carbocycles. The molecule has 76 valence electrons. The Morgan fingerprint density at radius 2 is 2.07 bits per heavy atom. The van der Waals surface area contributed by atoms with Crippen molar-refractivity contribution in [2.75, 3.05) is 0 Å². The Morgan fingerprint density at radius 3 is 2.57 bits per heavy atom. The van der Waals surface area contributed by atoms with Crippen LogP contribution in [0.4, 0.5) is 0 Å². The molecule has 0 aliphatic carbocycles. The minimum Gasteiger partial charge on any atom is -0.507 e. The summed E-state index contributed by atoms with van der Waals surface area (Å²) in [6.07, 6.45) is 1.50. The predicted molar refractivity (Wildman–Crippen MR) is 56.8 cm³/mol. The van der Waals surface area contributed by atoms with Gasteiger partial charge in [-0.15, -0.1) is 0 Å². The van der Waals surface area contributed by atoms with Gasteiger partial charge in [-0.3, -0.25) is 4.79 Å². The van der Waals surface area contributed by atoms with Gasteiger partial charge in [0.25, 0.3) is 0 Å².